The first-order valence-corrected chi connectivity index (χ1v) is 9.73. The highest BCUT2D eigenvalue weighted by Crippen LogP contribution is 2.42. The molecule has 2 aromatic heterocycles. The molecule has 2 aromatic rings. The SMILES string of the molecule is COCc1cn([C@@H]2C[C@@H]3CN(Cc4cccc(C)n4)C[C@@H]3C[C@H]2OC)nn1. The van der Waals surface area contributed by atoms with Crippen molar-refractivity contribution in [1.29, 1.82) is 0 Å². The van der Waals surface area contributed by atoms with Gasteiger partial charge in [0.15, 0.2) is 0 Å². The highest BCUT2D eigenvalue weighted by molar-refractivity contribution is 5.10. The number of hydrogen-bond acceptors (Lipinski definition) is 6. The minimum Gasteiger partial charge on any atom is -0.379 e. The van der Waals surface area contributed by atoms with Gasteiger partial charge in [-0.05, 0) is 43.7 Å². The van der Waals surface area contributed by atoms with Gasteiger partial charge < -0.3 is 9.47 Å². The summed E-state index contributed by atoms with van der Waals surface area (Å²) in [5.41, 5.74) is 3.11. The van der Waals surface area contributed by atoms with Crippen LogP contribution in [0.5, 0.6) is 0 Å². The Hall–Kier alpha value is -1.83. The van der Waals surface area contributed by atoms with Gasteiger partial charge in [-0.25, -0.2) is 4.68 Å². The van der Waals surface area contributed by atoms with E-state index in [0.717, 1.165) is 49.6 Å². The van der Waals surface area contributed by atoms with Crippen molar-refractivity contribution in [3.63, 3.8) is 0 Å². The van der Waals surface area contributed by atoms with Crippen LogP contribution in [0.25, 0.3) is 0 Å². The van der Waals surface area contributed by atoms with E-state index in [2.05, 4.69) is 45.3 Å². The Bertz CT molecular complexity index is 764. The molecule has 0 radical (unpaired) electrons. The van der Waals surface area contributed by atoms with E-state index >= 15 is 0 Å². The minimum atomic E-state index is 0.181. The Morgan fingerprint density at radius 3 is 2.67 bits per heavy atom. The maximum absolute atomic E-state index is 5.85. The van der Waals surface area contributed by atoms with Crippen molar-refractivity contribution in [3.05, 3.63) is 41.5 Å². The van der Waals surface area contributed by atoms with E-state index in [-0.39, 0.29) is 12.1 Å². The van der Waals surface area contributed by atoms with E-state index in [0.29, 0.717) is 18.4 Å². The molecular weight excluding hydrogens is 342 g/mol. The second-order valence-corrected chi connectivity index (χ2v) is 7.92. The number of rotatable bonds is 6. The summed E-state index contributed by atoms with van der Waals surface area (Å²) in [6, 6.07) is 6.52. The molecule has 4 atom stereocenters. The molecule has 1 aliphatic heterocycles. The van der Waals surface area contributed by atoms with Gasteiger partial charge in [-0.2, -0.15) is 0 Å². The first-order chi connectivity index (χ1) is 13.2. The first-order valence-electron chi connectivity index (χ1n) is 9.73. The van der Waals surface area contributed by atoms with Crippen LogP contribution >= 0.6 is 0 Å². The van der Waals surface area contributed by atoms with Crippen LogP contribution in [0.4, 0.5) is 0 Å². The molecule has 0 spiro atoms. The van der Waals surface area contributed by atoms with Crippen molar-refractivity contribution in [2.24, 2.45) is 11.8 Å². The van der Waals surface area contributed by atoms with Gasteiger partial charge in [0, 0.05) is 39.5 Å². The van der Waals surface area contributed by atoms with Gasteiger partial charge in [-0.1, -0.05) is 11.3 Å². The summed E-state index contributed by atoms with van der Waals surface area (Å²) in [5.74, 6) is 1.35. The van der Waals surface area contributed by atoms with Gasteiger partial charge in [0.1, 0.15) is 5.69 Å². The molecule has 7 nitrogen and oxygen atoms in total. The van der Waals surface area contributed by atoms with Crippen molar-refractivity contribution in [2.45, 2.75) is 45.1 Å². The molecule has 1 saturated carbocycles. The topological polar surface area (TPSA) is 65.3 Å². The highest BCUT2D eigenvalue weighted by Gasteiger charge is 2.43. The van der Waals surface area contributed by atoms with Gasteiger partial charge in [0.25, 0.3) is 0 Å². The summed E-state index contributed by atoms with van der Waals surface area (Å²) in [4.78, 5) is 7.21. The molecule has 4 rings (SSSR count). The predicted octanol–water partition coefficient (Wildman–Crippen LogP) is 2.23. The van der Waals surface area contributed by atoms with Crippen LogP contribution in [0.3, 0.4) is 0 Å². The lowest BCUT2D eigenvalue weighted by Gasteiger charge is -2.37. The standard InChI is InChI=1S/C20H29N5O2/c1-14-5-4-6-17(21-14)11-24-9-15-7-19(20(27-3)8-16(15)10-24)25-12-18(13-26-2)22-23-25/h4-6,12,15-16,19-20H,7-11,13H2,1-3H3/t15-,16+,19-,20-/m1/s1. The molecule has 3 heterocycles. The van der Waals surface area contributed by atoms with Crippen LogP contribution in [0.1, 0.15) is 36.0 Å². The number of hydrogen-bond donors (Lipinski definition) is 0. The van der Waals surface area contributed by atoms with Gasteiger partial charge in [-0.15, -0.1) is 5.10 Å². The quantitative estimate of drug-likeness (QED) is 0.776. The molecule has 0 N–H and O–H groups in total. The Kier molecular flexibility index (Phi) is 5.52. The summed E-state index contributed by atoms with van der Waals surface area (Å²) < 4.78 is 13.0. The van der Waals surface area contributed by atoms with Gasteiger partial charge >= 0.3 is 0 Å². The van der Waals surface area contributed by atoms with E-state index < -0.39 is 0 Å². The maximum atomic E-state index is 5.85. The highest BCUT2D eigenvalue weighted by atomic mass is 16.5. The molecule has 2 fully saturated rings. The molecule has 1 aliphatic carbocycles. The number of aromatic nitrogens is 4. The van der Waals surface area contributed by atoms with Crippen LogP contribution in [-0.4, -0.2) is 58.3 Å². The third-order valence-corrected chi connectivity index (χ3v) is 5.98. The number of aryl methyl sites for hydroxylation is 1. The molecule has 2 aliphatic rings. The first kappa shape index (κ1) is 18.5. The fraction of sp³-hybridized carbons (Fsp3) is 0.650. The van der Waals surface area contributed by atoms with Crippen molar-refractivity contribution in [2.75, 3.05) is 27.3 Å². The molecule has 1 saturated heterocycles. The van der Waals surface area contributed by atoms with Crippen molar-refractivity contribution in [3.8, 4) is 0 Å². The van der Waals surface area contributed by atoms with E-state index in [1.54, 1.807) is 7.11 Å². The van der Waals surface area contributed by atoms with Crippen molar-refractivity contribution in [1.82, 2.24) is 24.9 Å². The van der Waals surface area contributed by atoms with Crippen LogP contribution in [0.15, 0.2) is 24.4 Å². The summed E-state index contributed by atoms with van der Waals surface area (Å²) in [7, 11) is 3.49. The second-order valence-electron chi connectivity index (χ2n) is 7.92. The van der Waals surface area contributed by atoms with Crippen molar-refractivity contribution >= 4 is 0 Å². The van der Waals surface area contributed by atoms with E-state index in [1.807, 2.05) is 18.0 Å². The van der Waals surface area contributed by atoms with Gasteiger partial charge in [-0.3, -0.25) is 9.88 Å². The van der Waals surface area contributed by atoms with Gasteiger partial charge in [0.05, 0.1) is 30.6 Å². The number of methoxy groups -OCH3 is 2. The predicted molar refractivity (Wildman–Crippen MR) is 101 cm³/mol. The van der Waals surface area contributed by atoms with Crippen LogP contribution in [0, 0.1) is 18.8 Å². The number of likely N-dealkylation sites (tertiary alicyclic amines) is 1. The third kappa shape index (κ3) is 4.05. The number of pyridine rings is 1. The Morgan fingerprint density at radius 1 is 1.11 bits per heavy atom. The zero-order valence-corrected chi connectivity index (χ0v) is 16.4. The summed E-state index contributed by atoms with van der Waals surface area (Å²) in [6.07, 6.45) is 4.34. The average Bonchev–Trinajstić information content (AvgIpc) is 3.26. The average molecular weight is 371 g/mol. The molecular formula is C20H29N5O2. The van der Waals surface area contributed by atoms with E-state index in [4.69, 9.17) is 9.47 Å². The van der Waals surface area contributed by atoms with Crippen LogP contribution in [-0.2, 0) is 22.6 Å². The lowest BCUT2D eigenvalue weighted by Crippen LogP contribution is -2.37. The number of ether oxygens (including phenoxy) is 2. The summed E-state index contributed by atoms with van der Waals surface area (Å²) in [6.45, 7) is 5.72. The second kappa shape index (κ2) is 8.04. The molecule has 0 unspecified atom stereocenters. The molecule has 146 valence electrons. The van der Waals surface area contributed by atoms with Crippen LogP contribution < -0.4 is 0 Å². The number of nitrogens with zero attached hydrogens (tertiary/aromatic N) is 5. The summed E-state index contributed by atoms with van der Waals surface area (Å²) in [5, 5.41) is 8.58. The van der Waals surface area contributed by atoms with Crippen LogP contribution in [0.2, 0.25) is 0 Å². The molecule has 0 aromatic carbocycles. The fourth-order valence-corrected chi connectivity index (χ4v) is 4.75. The zero-order chi connectivity index (χ0) is 18.8. The smallest absolute Gasteiger partial charge is 0.108 e. The minimum absolute atomic E-state index is 0.181. The molecule has 7 heteroatoms. The maximum Gasteiger partial charge on any atom is 0.108 e. The lowest BCUT2D eigenvalue weighted by molar-refractivity contribution is -0.00548. The Morgan fingerprint density at radius 2 is 1.93 bits per heavy atom. The van der Waals surface area contributed by atoms with Gasteiger partial charge in [0.2, 0.25) is 0 Å². The normalized spacial score (nSPS) is 28.4. The Balaban J connectivity index is 1.44. The van der Waals surface area contributed by atoms with Crippen molar-refractivity contribution < 1.29 is 9.47 Å². The lowest BCUT2D eigenvalue weighted by atomic mass is 9.77. The zero-order valence-electron chi connectivity index (χ0n) is 16.4. The third-order valence-electron chi connectivity index (χ3n) is 5.98. The summed E-state index contributed by atoms with van der Waals surface area (Å²) >= 11 is 0. The largest absolute Gasteiger partial charge is 0.379 e. The van der Waals surface area contributed by atoms with E-state index in [1.165, 1.54) is 0 Å². The molecule has 27 heavy (non-hydrogen) atoms. The monoisotopic (exact) mass is 371 g/mol. The molecule has 0 amide bonds. The number of fused-ring (bicyclic) bond motifs is 1. The Labute approximate surface area is 160 Å². The molecule has 0 bridgehead atoms. The fourth-order valence-electron chi connectivity index (χ4n) is 4.75. The van der Waals surface area contributed by atoms with E-state index in [9.17, 15) is 0 Å².